The molecule has 23 heavy (non-hydrogen) atoms. The number of carbonyl (C=O) groups excluding carboxylic acids is 1. The lowest BCUT2D eigenvalue weighted by Gasteiger charge is -2.09. The van der Waals surface area contributed by atoms with Crippen LogP contribution in [-0.4, -0.2) is 19.2 Å². The molecule has 0 bridgehead atoms. The molecule has 120 valence electrons. The van der Waals surface area contributed by atoms with E-state index in [1.165, 1.54) is 5.56 Å². The predicted octanol–water partition coefficient (Wildman–Crippen LogP) is 2.13. The monoisotopic (exact) mass is 312 g/mol. The molecule has 0 spiro atoms. The lowest BCUT2D eigenvalue weighted by atomic mass is 10.1. The van der Waals surface area contributed by atoms with Crippen molar-refractivity contribution in [2.75, 3.05) is 13.3 Å². The standard InChI is InChI=1S/C18H20N2O3/c1-13-4-2-3-5-15(13)10-20-18(21)11-19-9-14-6-7-16-17(8-14)23-12-22-16/h2-8,19H,9-12H2,1H3,(H,20,21). The third-order valence-corrected chi connectivity index (χ3v) is 3.79. The quantitative estimate of drug-likeness (QED) is 0.858. The fourth-order valence-electron chi connectivity index (χ4n) is 2.44. The molecule has 0 atom stereocenters. The molecule has 0 fully saturated rings. The van der Waals surface area contributed by atoms with Crippen molar-refractivity contribution >= 4 is 5.91 Å². The maximum Gasteiger partial charge on any atom is 0.234 e. The van der Waals surface area contributed by atoms with E-state index in [0.29, 0.717) is 13.1 Å². The third kappa shape index (κ3) is 4.02. The molecule has 0 saturated carbocycles. The van der Waals surface area contributed by atoms with Gasteiger partial charge in [-0.1, -0.05) is 30.3 Å². The molecule has 2 N–H and O–H groups in total. The Morgan fingerprint density at radius 1 is 1.09 bits per heavy atom. The normalized spacial score (nSPS) is 12.2. The average molecular weight is 312 g/mol. The van der Waals surface area contributed by atoms with Crippen LogP contribution in [0.15, 0.2) is 42.5 Å². The zero-order chi connectivity index (χ0) is 16.1. The van der Waals surface area contributed by atoms with Crippen LogP contribution >= 0.6 is 0 Å². The topological polar surface area (TPSA) is 59.6 Å². The van der Waals surface area contributed by atoms with E-state index >= 15 is 0 Å². The molecule has 3 rings (SSSR count). The number of hydrogen-bond donors (Lipinski definition) is 2. The van der Waals surface area contributed by atoms with E-state index in [0.717, 1.165) is 22.6 Å². The summed E-state index contributed by atoms with van der Waals surface area (Å²) < 4.78 is 10.6. The van der Waals surface area contributed by atoms with Crippen molar-refractivity contribution in [1.29, 1.82) is 0 Å². The van der Waals surface area contributed by atoms with Crippen molar-refractivity contribution < 1.29 is 14.3 Å². The number of nitrogens with one attached hydrogen (secondary N) is 2. The summed E-state index contributed by atoms with van der Waals surface area (Å²) in [6.45, 7) is 3.75. The Labute approximate surface area is 135 Å². The molecular formula is C18H20N2O3. The van der Waals surface area contributed by atoms with Crippen LogP contribution in [0.1, 0.15) is 16.7 Å². The molecule has 0 radical (unpaired) electrons. The van der Waals surface area contributed by atoms with Crippen molar-refractivity contribution in [3.8, 4) is 11.5 Å². The van der Waals surface area contributed by atoms with Gasteiger partial charge in [0.25, 0.3) is 0 Å². The summed E-state index contributed by atoms with van der Waals surface area (Å²) >= 11 is 0. The largest absolute Gasteiger partial charge is 0.454 e. The van der Waals surface area contributed by atoms with Crippen molar-refractivity contribution in [1.82, 2.24) is 10.6 Å². The smallest absolute Gasteiger partial charge is 0.234 e. The van der Waals surface area contributed by atoms with Crippen LogP contribution in [0.4, 0.5) is 0 Å². The van der Waals surface area contributed by atoms with Crippen molar-refractivity contribution in [3.05, 3.63) is 59.2 Å². The van der Waals surface area contributed by atoms with Gasteiger partial charge in [-0.05, 0) is 35.7 Å². The second-order valence-corrected chi connectivity index (χ2v) is 5.49. The predicted molar refractivity (Wildman–Crippen MR) is 87.3 cm³/mol. The molecule has 2 aromatic carbocycles. The van der Waals surface area contributed by atoms with Gasteiger partial charge in [0.1, 0.15) is 0 Å². The van der Waals surface area contributed by atoms with E-state index in [4.69, 9.17) is 9.47 Å². The van der Waals surface area contributed by atoms with E-state index in [1.54, 1.807) is 0 Å². The van der Waals surface area contributed by atoms with Gasteiger partial charge >= 0.3 is 0 Å². The van der Waals surface area contributed by atoms with Crippen LogP contribution in [0.2, 0.25) is 0 Å². The summed E-state index contributed by atoms with van der Waals surface area (Å²) in [6, 6.07) is 13.8. The van der Waals surface area contributed by atoms with E-state index in [2.05, 4.69) is 10.6 Å². The first-order chi connectivity index (χ1) is 11.2. The molecule has 1 aliphatic heterocycles. The number of aryl methyl sites for hydroxylation is 1. The van der Waals surface area contributed by atoms with Gasteiger partial charge in [0.05, 0.1) is 6.54 Å². The highest BCUT2D eigenvalue weighted by atomic mass is 16.7. The Kier molecular flexibility index (Phi) is 4.78. The SMILES string of the molecule is Cc1ccccc1CNC(=O)CNCc1ccc2c(c1)OCO2. The van der Waals surface area contributed by atoms with Gasteiger partial charge in [-0.15, -0.1) is 0 Å². The highest BCUT2D eigenvalue weighted by Gasteiger charge is 2.13. The Morgan fingerprint density at radius 3 is 2.78 bits per heavy atom. The van der Waals surface area contributed by atoms with E-state index in [-0.39, 0.29) is 19.2 Å². The molecule has 0 aliphatic carbocycles. The fourth-order valence-corrected chi connectivity index (χ4v) is 2.44. The van der Waals surface area contributed by atoms with Gasteiger partial charge in [0, 0.05) is 13.1 Å². The van der Waals surface area contributed by atoms with Crippen LogP contribution in [0.5, 0.6) is 11.5 Å². The first-order valence-electron chi connectivity index (χ1n) is 7.63. The summed E-state index contributed by atoms with van der Waals surface area (Å²) in [7, 11) is 0. The Morgan fingerprint density at radius 2 is 1.91 bits per heavy atom. The average Bonchev–Trinajstić information content (AvgIpc) is 3.02. The van der Waals surface area contributed by atoms with Crippen LogP contribution in [-0.2, 0) is 17.9 Å². The Hall–Kier alpha value is -2.53. The third-order valence-electron chi connectivity index (χ3n) is 3.79. The number of amides is 1. The minimum atomic E-state index is -0.0194. The van der Waals surface area contributed by atoms with E-state index < -0.39 is 0 Å². The number of fused-ring (bicyclic) bond motifs is 1. The number of ether oxygens (including phenoxy) is 2. The number of carbonyl (C=O) groups is 1. The minimum absolute atomic E-state index is 0.0194. The summed E-state index contributed by atoms with van der Waals surface area (Å²) in [4.78, 5) is 11.9. The van der Waals surface area contributed by atoms with Gasteiger partial charge in [-0.2, -0.15) is 0 Å². The molecule has 0 saturated heterocycles. The maximum atomic E-state index is 11.9. The van der Waals surface area contributed by atoms with Crippen LogP contribution in [0, 0.1) is 6.92 Å². The molecule has 1 amide bonds. The lowest BCUT2D eigenvalue weighted by Crippen LogP contribution is -2.33. The van der Waals surface area contributed by atoms with Crippen molar-refractivity contribution in [2.24, 2.45) is 0 Å². The van der Waals surface area contributed by atoms with Crippen LogP contribution in [0.3, 0.4) is 0 Å². The summed E-state index contributed by atoms with van der Waals surface area (Å²) in [5.74, 6) is 1.51. The molecule has 2 aromatic rings. The van der Waals surface area contributed by atoms with E-state index in [9.17, 15) is 4.79 Å². The van der Waals surface area contributed by atoms with Gasteiger partial charge in [-0.25, -0.2) is 0 Å². The van der Waals surface area contributed by atoms with Crippen LogP contribution in [0.25, 0.3) is 0 Å². The number of rotatable bonds is 6. The van der Waals surface area contributed by atoms with Gasteiger partial charge in [0.15, 0.2) is 11.5 Å². The first kappa shape index (κ1) is 15.4. The number of benzene rings is 2. The molecule has 5 heteroatoms. The lowest BCUT2D eigenvalue weighted by molar-refractivity contribution is -0.120. The van der Waals surface area contributed by atoms with Gasteiger partial charge < -0.3 is 20.1 Å². The molecule has 0 aromatic heterocycles. The molecule has 5 nitrogen and oxygen atoms in total. The fraction of sp³-hybridized carbons (Fsp3) is 0.278. The molecular weight excluding hydrogens is 292 g/mol. The summed E-state index contributed by atoms with van der Waals surface area (Å²) in [5.41, 5.74) is 3.37. The molecule has 0 unspecified atom stereocenters. The molecule has 1 aliphatic rings. The zero-order valence-electron chi connectivity index (χ0n) is 13.1. The molecule has 1 heterocycles. The van der Waals surface area contributed by atoms with E-state index in [1.807, 2.05) is 49.4 Å². The Bertz CT molecular complexity index is 700. The second-order valence-electron chi connectivity index (χ2n) is 5.49. The minimum Gasteiger partial charge on any atom is -0.454 e. The van der Waals surface area contributed by atoms with Crippen LogP contribution < -0.4 is 20.1 Å². The summed E-state index contributed by atoms with van der Waals surface area (Å²) in [5, 5.41) is 6.06. The van der Waals surface area contributed by atoms with Gasteiger partial charge in [-0.3, -0.25) is 4.79 Å². The van der Waals surface area contributed by atoms with Crippen molar-refractivity contribution in [2.45, 2.75) is 20.0 Å². The second kappa shape index (κ2) is 7.15. The number of hydrogen-bond acceptors (Lipinski definition) is 4. The zero-order valence-corrected chi connectivity index (χ0v) is 13.1. The highest BCUT2D eigenvalue weighted by molar-refractivity contribution is 5.78. The maximum absolute atomic E-state index is 11.9. The summed E-state index contributed by atoms with van der Waals surface area (Å²) in [6.07, 6.45) is 0. The first-order valence-corrected chi connectivity index (χ1v) is 7.63. The van der Waals surface area contributed by atoms with Gasteiger partial charge in [0.2, 0.25) is 12.7 Å². The van der Waals surface area contributed by atoms with Crippen molar-refractivity contribution in [3.63, 3.8) is 0 Å². The Balaban J connectivity index is 1.42. The highest BCUT2D eigenvalue weighted by Crippen LogP contribution is 2.32.